The Hall–Kier alpha value is -1.96. The minimum absolute atomic E-state index is 0.346. The van der Waals surface area contributed by atoms with Crippen LogP contribution in [0.15, 0.2) is 29.8 Å². The standard InChI is InChI=1S/C15H15F3N2/c16-15(17,18)14-9-13(6-5-12(14)10-19)20-8-7-11-3-1-2-4-11/h3,5-6,9,20H,1-2,4,7-8H2. The van der Waals surface area contributed by atoms with E-state index < -0.39 is 11.7 Å². The van der Waals surface area contributed by atoms with Gasteiger partial charge < -0.3 is 5.32 Å². The lowest BCUT2D eigenvalue weighted by Crippen LogP contribution is -2.10. The quantitative estimate of drug-likeness (QED) is 0.825. The van der Waals surface area contributed by atoms with Gasteiger partial charge in [-0.1, -0.05) is 11.6 Å². The van der Waals surface area contributed by atoms with Crippen LogP contribution < -0.4 is 5.32 Å². The van der Waals surface area contributed by atoms with E-state index in [4.69, 9.17) is 5.26 Å². The van der Waals surface area contributed by atoms with Crippen molar-refractivity contribution in [1.29, 1.82) is 5.26 Å². The lowest BCUT2D eigenvalue weighted by molar-refractivity contribution is -0.137. The normalized spacial score (nSPS) is 14.8. The summed E-state index contributed by atoms with van der Waals surface area (Å²) in [5.41, 5.74) is 0.531. The van der Waals surface area contributed by atoms with E-state index in [-0.39, 0.29) is 5.56 Å². The summed E-state index contributed by atoms with van der Waals surface area (Å²) in [4.78, 5) is 0. The van der Waals surface area contributed by atoms with Crippen LogP contribution in [0.25, 0.3) is 0 Å². The van der Waals surface area contributed by atoms with Crippen LogP contribution in [0.1, 0.15) is 36.8 Å². The lowest BCUT2D eigenvalue weighted by atomic mass is 10.1. The molecule has 0 bridgehead atoms. The first-order valence-electron chi connectivity index (χ1n) is 6.54. The summed E-state index contributed by atoms with van der Waals surface area (Å²) in [7, 11) is 0. The van der Waals surface area contributed by atoms with E-state index >= 15 is 0 Å². The van der Waals surface area contributed by atoms with E-state index in [1.54, 1.807) is 6.07 Å². The van der Waals surface area contributed by atoms with Crippen molar-refractivity contribution < 1.29 is 13.2 Å². The van der Waals surface area contributed by atoms with Gasteiger partial charge in [0, 0.05) is 12.2 Å². The second-order valence-corrected chi connectivity index (χ2v) is 4.80. The van der Waals surface area contributed by atoms with E-state index in [9.17, 15) is 13.2 Å². The smallest absolute Gasteiger partial charge is 0.385 e. The van der Waals surface area contributed by atoms with E-state index in [0.717, 1.165) is 25.3 Å². The Labute approximate surface area is 115 Å². The number of nitriles is 1. The molecule has 1 aliphatic rings. The summed E-state index contributed by atoms with van der Waals surface area (Å²) < 4.78 is 38.4. The average molecular weight is 280 g/mol. The maximum atomic E-state index is 12.8. The molecule has 0 saturated heterocycles. The van der Waals surface area contributed by atoms with E-state index in [2.05, 4.69) is 11.4 Å². The molecule has 0 atom stereocenters. The number of benzene rings is 1. The summed E-state index contributed by atoms with van der Waals surface area (Å²) in [6.07, 6.45) is 1.90. The van der Waals surface area contributed by atoms with Crippen LogP contribution in [0.2, 0.25) is 0 Å². The number of anilines is 1. The summed E-state index contributed by atoms with van der Waals surface area (Å²) in [6, 6.07) is 5.29. The molecule has 0 saturated carbocycles. The predicted molar refractivity (Wildman–Crippen MR) is 71.2 cm³/mol. The molecule has 0 fully saturated rings. The zero-order chi connectivity index (χ0) is 14.6. The maximum Gasteiger partial charge on any atom is 0.417 e. The first-order chi connectivity index (χ1) is 9.50. The molecule has 5 heteroatoms. The van der Waals surface area contributed by atoms with E-state index in [1.807, 2.05) is 0 Å². The Kier molecular flexibility index (Phi) is 4.33. The number of allylic oxidation sites excluding steroid dienone is 1. The third-order valence-electron chi connectivity index (χ3n) is 3.36. The first-order valence-corrected chi connectivity index (χ1v) is 6.54. The summed E-state index contributed by atoms with van der Waals surface area (Å²) in [5.74, 6) is 0. The van der Waals surface area contributed by atoms with Gasteiger partial charge in [0.15, 0.2) is 0 Å². The largest absolute Gasteiger partial charge is 0.417 e. The molecule has 106 valence electrons. The Bertz CT molecular complexity index is 553. The maximum absolute atomic E-state index is 12.8. The average Bonchev–Trinajstić information content (AvgIpc) is 2.91. The molecular formula is C15H15F3N2. The highest BCUT2D eigenvalue weighted by Gasteiger charge is 2.33. The lowest BCUT2D eigenvalue weighted by Gasteiger charge is -2.12. The molecule has 0 radical (unpaired) electrons. The minimum atomic E-state index is -4.50. The van der Waals surface area contributed by atoms with E-state index in [0.29, 0.717) is 12.2 Å². The second kappa shape index (κ2) is 6.00. The van der Waals surface area contributed by atoms with Gasteiger partial charge in [0.1, 0.15) is 0 Å². The monoisotopic (exact) mass is 280 g/mol. The molecule has 1 N–H and O–H groups in total. The van der Waals surface area contributed by atoms with Gasteiger partial charge in [-0.15, -0.1) is 0 Å². The van der Waals surface area contributed by atoms with Gasteiger partial charge >= 0.3 is 6.18 Å². The van der Waals surface area contributed by atoms with Gasteiger partial charge in [-0.25, -0.2) is 0 Å². The van der Waals surface area contributed by atoms with Crippen molar-refractivity contribution >= 4 is 5.69 Å². The molecule has 0 heterocycles. The molecule has 0 aromatic heterocycles. The van der Waals surface area contributed by atoms with Crippen molar-refractivity contribution in [2.24, 2.45) is 0 Å². The Morgan fingerprint density at radius 2 is 2.10 bits per heavy atom. The number of nitrogens with one attached hydrogen (secondary N) is 1. The summed E-state index contributed by atoms with van der Waals surface area (Å²) >= 11 is 0. The summed E-state index contributed by atoms with van der Waals surface area (Å²) in [6.45, 7) is 0.606. The Morgan fingerprint density at radius 1 is 1.30 bits per heavy atom. The van der Waals surface area contributed by atoms with Crippen LogP contribution in [0.5, 0.6) is 0 Å². The number of hydrogen-bond acceptors (Lipinski definition) is 2. The highest BCUT2D eigenvalue weighted by Crippen LogP contribution is 2.33. The zero-order valence-corrected chi connectivity index (χ0v) is 10.9. The Balaban J connectivity index is 2.03. The summed E-state index contributed by atoms with van der Waals surface area (Å²) in [5, 5.41) is 11.7. The fraction of sp³-hybridized carbons (Fsp3) is 0.400. The van der Waals surface area contributed by atoms with Crippen molar-refractivity contribution in [3.05, 3.63) is 41.0 Å². The van der Waals surface area contributed by atoms with Crippen molar-refractivity contribution in [2.75, 3.05) is 11.9 Å². The number of hydrogen-bond donors (Lipinski definition) is 1. The second-order valence-electron chi connectivity index (χ2n) is 4.80. The van der Waals surface area contributed by atoms with Gasteiger partial charge in [-0.2, -0.15) is 18.4 Å². The van der Waals surface area contributed by atoms with Crippen LogP contribution in [-0.4, -0.2) is 6.54 Å². The fourth-order valence-corrected chi connectivity index (χ4v) is 2.32. The molecule has 1 aromatic rings. The van der Waals surface area contributed by atoms with Crippen molar-refractivity contribution in [3.63, 3.8) is 0 Å². The number of nitrogens with zero attached hydrogens (tertiary/aromatic N) is 1. The number of halogens is 3. The van der Waals surface area contributed by atoms with Gasteiger partial charge in [0.2, 0.25) is 0 Å². The van der Waals surface area contributed by atoms with Crippen LogP contribution in [0.4, 0.5) is 18.9 Å². The molecule has 2 nitrogen and oxygen atoms in total. The molecule has 0 amide bonds. The van der Waals surface area contributed by atoms with Gasteiger partial charge in [0.05, 0.1) is 17.2 Å². The predicted octanol–water partition coefficient (Wildman–Crippen LogP) is 4.49. The van der Waals surface area contributed by atoms with Gasteiger partial charge in [0.25, 0.3) is 0 Å². The highest BCUT2D eigenvalue weighted by molar-refractivity contribution is 5.53. The van der Waals surface area contributed by atoms with Crippen molar-refractivity contribution in [1.82, 2.24) is 0 Å². The molecule has 1 aromatic carbocycles. The molecule has 0 aliphatic heterocycles. The fourth-order valence-electron chi connectivity index (χ4n) is 2.32. The van der Waals surface area contributed by atoms with Crippen molar-refractivity contribution in [3.8, 4) is 6.07 Å². The zero-order valence-electron chi connectivity index (χ0n) is 10.9. The minimum Gasteiger partial charge on any atom is -0.385 e. The molecule has 0 spiro atoms. The topological polar surface area (TPSA) is 35.8 Å². The SMILES string of the molecule is N#Cc1ccc(NCCC2=CCCC2)cc1C(F)(F)F. The van der Waals surface area contributed by atoms with Gasteiger partial charge in [-0.05, 0) is 43.9 Å². The Morgan fingerprint density at radius 3 is 2.70 bits per heavy atom. The van der Waals surface area contributed by atoms with Crippen LogP contribution >= 0.6 is 0 Å². The van der Waals surface area contributed by atoms with Crippen LogP contribution in [0.3, 0.4) is 0 Å². The molecule has 0 unspecified atom stereocenters. The van der Waals surface area contributed by atoms with Gasteiger partial charge in [-0.3, -0.25) is 0 Å². The molecule has 20 heavy (non-hydrogen) atoms. The first kappa shape index (κ1) is 14.4. The molecule has 2 rings (SSSR count). The van der Waals surface area contributed by atoms with E-state index in [1.165, 1.54) is 24.1 Å². The molecular weight excluding hydrogens is 265 g/mol. The van der Waals surface area contributed by atoms with Crippen LogP contribution in [-0.2, 0) is 6.18 Å². The third-order valence-corrected chi connectivity index (χ3v) is 3.36. The van der Waals surface area contributed by atoms with Crippen LogP contribution in [0, 0.1) is 11.3 Å². The van der Waals surface area contributed by atoms with Crippen molar-refractivity contribution in [2.45, 2.75) is 31.9 Å². The number of alkyl halides is 3. The third kappa shape index (κ3) is 3.53. The molecule has 1 aliphatic carbocycles. The number of rotatable bonds is 4. The highest BCUT2D eigenvalue weighted by atomic mass is 19.4.